The third kappa shape index (κ3) is 3.20. The van der Waals surface area contributed by atoms with Crippen LogP contribution in [0.5, 0.6) is 0 Å². The van der Waals surface area contributed by atoms with E-state index in [4.69, 9.17) is 9.47 Å². The number of hydrogen-bond acceptors (Lipinski definition) is 4. The monoisotopic (exact) mass is 403 g/mol. The highest BCUT2D eigenvalue weighted by molar-refractivity contribution is 5.99. The van der Waals surface area contributed by atoms with Crippen molar-refractivity contribution in [1.82, 2.24) is 14.7 Å². The van der Waals surface area contributed by atoms with Crippen molar-refractivity contribution in [3.05, 3.63) is 54.4 Å². The summed E-state index contributed by atoms with van der Waals surface area (Å²) in [6.45, 7) is 2.64. The van der Waals surface area contributed by atoms with Crippen LogP contribution in [0.1, 0.15) is 42.1 Å². The lowest BCUT2D eigenvalue weighted by molar-refractivity contribution is -0.181. The first-order chi connectivity index (χ1) is 14.7. The Hall–Kier alpha value is -2.70. The molecule has 0 radical (unpaired) electrons. The fourth-order valence-corrected chi connectivity index (χ4v) is 4.60. The maximum Gasteiger partial charge on any atom is 0.253 e. The van der Waals surface area contributed by atoms with Gasteiger partial charge in [0, 0.05) is 43.3 Å². The van der Waals surface area contributed by atoms with Gasteiger partial charge in [-0.3, -0.25) is 9.48 Å². The molecule has 1 spiro atoms. The van der Waals surface area contributed by atoms with E-state index >= 15 is 0 Å². The van der Waals surface area contributed by atoms with Crippen molar-refractivity contribution < 1.29 is 14.3 Å². The van der Waals surface area contributed by atoms with E-state index in [0.29, 0.717) is 32.3 Å². The smallest absolute Gasteiger partial charge is 0.253 e. The van der Waals surface area contributed by atoms with Crippen LogP contribution in [-0.4, -0.2) is 52.7 Å². The number of hydrogen-bond donors (Lipinski definition) is 0. The molecule has 1 amide bonds. The lowest BCUT2D eigenvalue weighted by Gasteiger charge is -2.37. The minimum atomic E-state index is -0.454. The van der Waals surface area contributed by atoms with Crippen LogP contribution in [0, 0.1) is 0 Å². The molecule has 154 valence electrons. The molecular weight excluding hydrogens is 378 g/mol. The second-order valence-corrected chi connectivity index (χ2v) is 8.62. The Morgan fingerprint density at radius 1 is 0.967 bits per heavy atom. The van der Waals surface area contributed by atoms with Crippen molar-refractivity contribution in [1.29, 1.82) is 0 Å². The Balaban J connectivity index is 1.20. The Morgan fingerprint density at radius 2 is 1.70 bits per heavy atom. The van der Waals surface area contributed by atoms with Crippen LogP contribution < -0.4 is 0 Å². The van der Waals surface area contributed by atoms with Crippen LogP contribution in [0.2, 0.25) is 0 Å². The van der Waals surface area contributed by atoms with Gasteiger partial charge in [0.15, 0.2) is 5.79 Å². The molecule has 6 rings (SSSR count). The minimum absolute atomic E-state index is 0.0829. The summed E-state index contributed by atoms with van der Waals surface area (Å²) in [6, 6.07) is 13.0. The number of carbonyl (C=O) groups is 1. The van der Waals surface area contributed by atoms with E-state index in [2.05, 4.69) is 34.2 Å². The summed E-state index contributed by atoms with van der Waals surface area (Å²) in [6.07, 6.45) is 8.02. The quantitative estimate of drug-likeness (QED) is 0.663. The highest BCUT2D eigenvalue weighted by Gasteiger charge is 2.40. The highest BCUT2D eigenvalue weighted by Crippen LogP contribution is 2.36. The van der Waals surface area contributed by atoms with Gasteiger partial charge in [0.05, 0.1) is 25.5 Å². The Morgan fingerprint density at radius 3 is 2.47 bits per heavy atom. The normalized spacial score (nSPS) is 20.9. The molecule has 1 saturated carbocycles. The maximum absolute atomic E-state index is 13.0. The van der Waals surface area contributed by atoms with E-state index in [1.54, 1.807) is 0 Å². The third-order valence-electron chi connectivity index (χ3n) is 6.57. The van der Waals surface area contributed by atoms with Crippen LogP contribution in [0.3, 0.4) is 0 Å². The van der Waals surface area contributed by atoms with Crippen molar-refractivity contribution >= 4 is 16.7 Å². The average molecular weight is 403 g/mol. The number of ether oxygens (including phenoxy) is 2. The molecule has 3 aliphatic rings. The van der Waals surface area contributed by atoms with Gasteiger partial charge in [-0.2, -0.15) is 5.10 Å². The molecule has 0 bridgehead atoms. The van der Waals surface area contributed by atoms with E-state index < -0.39 is 5.79 Å². The molecule has 1 aromatic heterocycles. The molecule has 6 heteroatoms. The maximum atomic E-state index is 13.0. The summed E-state index contributed by atoms with van der Waals surface area (Å²) in [5.74, 6) is -0.372. The standard InChI is InChI=1S/C24H25N3O3/c28-23(26-9-7-24(8-10-26)29-11-12-30-24)20-4-3-17-13-19(2-1-18(17)14-20)21-15-25-27(16-21)22-5-6-22/h1-4,13-16,22H,5-12H2. The molecule has 0 atom stereocenters. The zero-order valence-corrected chi connectivity index (χ0v) is 16.9. The van der Waals surface area contributed by atoms with Gasteiger partial charge in [0.25, 0.3) is 5.91 Å². The second kappa shape index (κ2) is 6.93. The lowest BCUT2D eigenvalue weighted by atomic mass is 10.00. The third-order valence-corrected chi connectivity index (χ3v) is 6.57. The van der Waals surface area contributed by atoms with Crippen LogP contribution in [0.4, 0.5) is 0 Å². The van der Waals surface area contributed by atoms with E-state index in [1.165, 1.54) is 12.8 Å². The number of carbonyl (C=O) groups excluding carboxylic acids is 1. The van der Waals surface area contributed by atoms with Crippen LogP contribution in [0.15, 0.2) is 48.8 Å². The Labute approximate surface area is 175 Å². The number of piperidine rings is 1. The molecule has 2 saturated heterocycles. The first kappa shape index (κ1) is 18.1. The summed E-state index contributed by atoms with van der Waals surface area (Å²) in [5.41, 5.74) is 3.04. The van der Waals surface area contributed by atoms with Gasteiger partial charge in [-0.25, -0.2) is 0 Å². The molecule has 2 aromatic carbocycles. The van der Waals surface area contributed by atoms with Crippen molar-refractivity contribution in [2.75, 3.05) is 26.3 Å². The number of benzene rings is 2. The zero-order chi connectivity index (χ0) is 20.1. The SMILES string of the molecule is O=C(c1ccc2cc(-c3cnn(C4CC4)c3)ccc2c1)N1CCC2(CC1)OCCO2. The molecule has 0 unspecified atom stereocenters. The number of likely N-dealkylation sites (tertiary alicyclic amines) is 1. The first-order valence-electron chi connectivity index (χ1n) is 10.8. The fraction of sp³-hybridized carbons (Fsp3) is 0.417. The average Bonchev–Trinajstić information content (AvgIpc) is 3.34. The van der Waals surface area contributed by atoms with E-state index in [0.717, 1.165) is 40.3 Å². The summed E-state index contributed by atoms with van der Waals surface area (Å²) >= 11 is 0. The number of amides is 1. The van der Waals surface area contributed by atoms with E-state index in [-0.39, 0.29) is 5.91 Å². The first-order valence-corrected chi connectivity index (χ1v) is 10.8. The molecule has 3 aromatic rings. The predicted molar refractivity (Wildman–Crippen MR) is 113 cm³/mol. The topological polar surface area (TPSA) is 56.6 Å². The Kier molecular flexibility index (Phi) is 4.18. The van der Waals surface area contributed by atoms with Crippen molar-refractivity contribution in [3.63, 3.8) is 0 Å². The summed E-state index contributed by atoms with van der Waals surface area (Å²) in [4.78, 5) is 15.0. The predicted octanol–water partition coefficient (Wildman–Crippen LogP) is 4.02. The van der Waals surface area contributed by atoms with Gasteiger partial charge in [-0.15, -0.1) is 0 Å². The van der Waals surface area contributed by atoms with Gasteiger partial charge in [-0.05, 0) is 47.4 Å². The Bertz CT molecular complexity index is 1100. The number of nitrogens with zero attached hydrogens (tertiary/aromatic N) is 3. The molecule has 3 heterocycles. The van der Waals surface area contributed by atoms with Gasteiger partial charge >= 0.3 is 0 Å². The van der Waals surface area contributed by atoms with E-state index in [1.807, 2.05) is 29.3 Å². The molecule has 3 fully saturated rings. The highest BCUT2D eigenvalue weighted by atomic mass is 16.7. The largest absolute Gasteiger partial charge is 0.347 e. The van der Waals surface area contributed by atoms with Gasteiger partial charge < -0.3 is 14.4 Å². The minimum Gasteiger partial charge on any atom is -0.347 e. The number of rotatable bonds is 3. The second-order valence-electron chi connectivity index (χ2n) is 8.62. The number of fused-ring (bicyclic) bond motifs is 1. The van der Waals surface area contributed by atoms with Gasteiger partial charge in [-0.1, -0.05) is 18.2 Å². The molecule has 0 N–H and O–H groups in total. The molecule has 6 nitrogen and oxygen atoms in total. The summed E-state index contributed by atoms with van der Waals surface area (Å²) in [5, 5.41) is 6.71. The van der Waals surface area contributed by atoms with Crippen molar-refractivity contribution in [2.24, 2.45) is 0 Å². The molecule has 30 heavy (non-hydrogen) atoms. The van der Waals surface area contributed by atoms with Crippen LogP contribution in [-0.2, 0) is 9.47 Å². The molecule has 2 aliphatic heterocycles. The van der Waals surface area contributed by atoms with Gasteiger partial charge in [0.1, 0.15) is 0 Å². The zero-order valence-electron chi connectivity index (χ0n) is 16.9. The fourth-order valence-electron chi connectivity index (χ4n) is 4.60. The lowest BCUT2D eigenvalue weighted by Crippen LogP contribution is -2.47. The van der Waals surface area contributed by atoms with Crippen LogP contribution in [0.25, 0.3) is 21.9 Å². The van der Waals surface area contributed by atoms with Crippen molar-refractivity contribution in [2.45, 2.75) is 37.5 Å². The summed E-state index contributed by atoms with van der Waals surface area (Å²) < 4.78 is 13.6. The van der Waals surface area contributed by atoms with E-state index in [9.17, 15) is 4.79 Å². The molecule has 1 aliphatic carbocycles. The van der Waals surface area contributed by atoms with Crippen molar-refractivity contribution in [3.8, 4) is 11.1 Å². The van der Waals surface area contributed by atoms with Gasteiger partial charge in [0.2, 0.25) is 0 Å². The summed E-state index contributed by atoms with van der Waals surface area (Å²) in [7, 11) is 0. The number of aromatic nitrogens is 2. The van der Waals surface area contributed by atoms with Crippen LogP contribution >= 0.6 is 0 Å². The molecular formula is C24H25N3O3.